The maximum absolute atomic E-state index is 12.2. The molecule has 0 radical (unpaired) electrons. The highest BCUT2D eigenvalue weighted by atomic mass is 32.2. The molecule has 0 atom stereocenters. The summed E-state index contributed by atoms with van der Waals surface area (Å²) in [5, 5.41) is 13.4. The molecule has 0 saturated heterocycles. The van der Waals surface area contributed by atoms with Gasteiger partial charge in [0.1, 0.15) is 5.01 Å². The predicted octanol–water partition coefficient (Wildman–Crippen LogP) is 2.68. The van der Waals surface area contributed by atoms with Crippen molar-refractivity contribution in [2.24, 2.45) is 0 Å². The molecule has 0 aliphatic rings. The van der Waals surface area contributed by atoms with Gasteiger partial charge in [-0.15, -0.1) is 21.5 Å². The molecule has 10 heteroatoms. The number of rotatable bonds is 7. The van der Waals surface area contributed by atoms with Crippen LogP contribution in [0.25, 0.3) is 0 Å². The van der Waals surface area contributed by atoms with Crippen molar-refractivity contribution in [2.45, 2.75) is 18.2 Å². The second kappa shape index (κ2) is 8.04. The number of amides is 1. The van der Waals surface area contributed by atoms with Gasteiger partial charge in [0, 0.05) is 13.0 Å². The molecule has 0 unspecified atom stereocenters. The van der Waals surface area contributed by atoms with Gasteiger partial charge < -0.3 is 0 Å². The average Bonchev–Trinajstić information content (AvgIpc) is 3.27. The van der Waals surface area contributed by atoms with Crippen LogP contribution in [-0.2, 0) is 16.4 Å². The van der Waals surface area contributed by atoms with E-state index in [1.54, 1.807) is 36.4 Å². The number of nitrogens with one attached hydrogen (secondary N) is 2. The molecule has 2 N–H and O–H groups in total. The number of hydrogen-bond donors (Lipinski definition) is 2. The highest BCUT2D eigenvalue weighted by Gasteiger charge is 2.14. The van der Waals surface area contributed by atoms with Gasteiger partial charge in [-0.3, -0.25) is 10.1 Å². The van der Waals surface area contributed by atoms with Crippen LogP contribution in [0.4, 0.5) is 5.13 Å². The van der Waals surface area contributed by atoms with Crippen molar-refractivity contribution in [3.05, 3.63) is 57.2 Å². The Balaban J connectivity index is 1.53. The normalized spacial score (nSPS) is 11.4. The molecule has 0 saturated carbocycles. The molecule has 0 aliphatic carbocycles. The van der Waals surface area contributed by atoms with E-state index in [0.717, 1.165) is 5.56 Å². The quantitative estimate of drug-likeness (QED) is 0.626. The summed E-state index contributed by atoms with van der Waals surface area (Å²) < 4.78 is 27.0. The Morgan fingerprint density at radius 3 is 2.62 bits per heavy atom. The van der Waals surface area contributed by atoms with Gasteiger partial charge >= 0.3 is 0 Å². The Labute approximate surface area is 159 Å². The Morgan fingerprint density at radius 1 is 1.15 bits per heavy atom. The first-order valence-corrected chi connectivity index (χ1v) is 10.9. The molecule has 2 aromatic heterocycles. The Morgan fingerprint density at radius 2 is 1.92 bits per heavy atom. The summed E-state index contributed by atoms with van der Waals surface area (Å²) in [6, 6.07) is 10.2. The summed E-state index contributed by atoms with van der Waals surface area (Å²) in [5.74, 6) is -0.234. The largest absolute Gasteiger partial charge is 0.296 e. The highest BCUT2D eigenvalue weighted by Crippen LogP contribution is 2.18. The van der Waals surface area contributed by atoms with Crippen LogP contribution in [0.5, 0.6) is 0 Å². The predicted molar refractivity (Wildman–Crippen MR) is 102 cm³/mol. The van der Waals surface area contributed by atoms with Crippen molar-refractivity contribution in [3.63, 3.8) is 0 Å². The molecule has 2 heterocycles. The number of aryl methyl sites for hydroxylation is 1. The van der Waals surface area contributed by atoms with Crippen LogP contribution < -0.4 is 10.0 Å². The first-order valence-electron chi connectivity index (χ1n) is 7.67. The fourth-order valence-corrected chi connectivity index (χ4v) is 4.45. The minimum Gasteiger partial charge on any atom is -0.296 e. The zero-order chi connectivity index (χ0) is 18.6. The molecular formula is C16H16N4O3S3. The SMILES string of the molecule is Cc1ccc(S(=O)(=O)NCCc2nnc(NC(=O)c3cccs3)s2)cc1. The number of carbonyl (C=O) groups is 1. The van der Waals surface area contributed by atoms with Crippen LogP contribution in [0.15, 0.2) is 46.7 Å². The number of nitrogens with zero attached hydrogens (tertiary/aromatic N) is 2. The fourth-order valence-electron chi connectivity index (χ4n) is 2.06. The minimum atomic E-state index is -3.55. The van der Waals surface area contributed by atoms with Crippen LogP contribution in [0.3, 0.4) is 0 Å². The summed E-state index contributed by atoms with van der Waals surface area (Å²) in [7, 11) is -3.55. The lowest BCUT2D eigenvalue weighted by molar-refractivity contribution is 0.103. The van der Waals surface area contributed by atoms with Gasteiger partial charge in [-0.1, -0.05) is 35.1 Å². The van der Waals surface area contributed by atoms with Crippen molar-refractivity contribution in [1.29, 1.82) is 0 Å². The van der Waals surface area contributed by atoms with Gasteiger partial charge in [0.25, 0.3) is 5.91 Å². The topological polar surface area (TPSA) is 101 Å². The van der Waals surface area contributed by atoms with Crippen molar-refractivity contribution in [1.82, 2.24) is 14.9 Å². The lowest BCUT2D eigenvalue weighted by Crippen LogP contribution is -2.25. The first kappa shape index (κ1) is 18.6. The van der Waals surface area contributed by atoms with Gasteiger partial charge in [0.05, 0.1) is 9.77 Å². The number of anilines is 1. The van der Waals surface area contributed by atoms with E-state index in [4.69, 9.17) is 0 Å². The smallest absolute Gasteiger partial charge is 0.267 e. The highest BCUT2D eigenvalue weighted by molar-refractivity contribution is 7.89. The van der Waals surface area contributed by atoms with E-state index in [0.29, 0.717) is 21.4 Å². The molecule has 3 rings (SSSR count). The summed E-state index contributed by atoms with van der Waals surface area (Å²) in [5.41, 5.74) is 0.995. The summed E-state index contributed by atoms with van der Waals surface area (Å²) in [6.45, 7) is 2.10. The summed E-state index contributed by atoms with van der Waals surface area (Å²) in [4.78, 5) is 12.8. The second-order valence-corrected chi connectivity index (χ2v) is 9.17. The van der Waals surface area contributed by atoms with Gasteiger partial charge in [-0.05, 0) is 30.5 Å². The first-order chi connectivity index (χ1) is 12.4. The zero-order valence-corrected chi connectivity index (χ0v) is 16.2. The molecule has 136 valence electrons. The van der Waals surface area contributed by atoms with Crippen molar-refractivity contribution in [2.75, 3.05) is 11.9 Å². The average molecular weight is 409 g/mol. The third-order valence-electron chi connectivity index (χ3n) is 3.39. The second-order valence-electron chi connectivity index (χ2n) is 5.39. The van der Waals surface area contributed by atoms with Crippen LogP contribution in [0.2, 0.25) is 0 Å². The van der Waals surface area contributed by atoms with E-state index in [1.165, 1.54) is 22.7 Å². The van der Waals surface area contributed by atoms with E-state index < -0.39 is 10.0 Å². The van der Waals surface area contributed by atoms with Crippen LogP contribution in [0, 0.1) is 6.92 Å². The Kier molecular flexibility index (Phi) is 5.77. The van der Waals surface area contributed by atoms with Gasteiger partial charge in [0.2, 0.25) is 15.2 Å². The molecule has 26 heavy (non-hydrogen) atoms. The standard InChI is InChI=1S/C16H16N4O3S3/c1-11-4-6-12(7-5-11)26(22,23)17-9-8-14-19-20-16(25-14)18-15(21)13-3-2-10-24-13/h2-7,10,17H,8-9H2,1H3,(H,18,20,21). The summed E-state index contributed by atoms with van der Waals surface area (Å²) in [6.07, 6.45) is 0.387. The third-order valence-corrected chi connectivity index (χ3v) is 6.64. The lowest BCUT2D eigenvalue weighted by Gasteiger charge is -2.05. The number of benzene rings is 1. The van der Waals surface area contributed by atoms with Gasteiger partial charge in [-0.2, -0.15) is 0 Å². The molecule has 0 aliphatic heterocycles. The number of hydrogen-bond acceptors (Lipinski definition) is 7. The lowest BCUT2D eigenvalue weighted by atomic mass is 10.2. The van der Waals surface area contributed by atoms with E-state index in [1.807, 2.05) is 12.3 Å². The van der Waals surface area contributed by atoms with Crippen LogP contribution in [-0.4, -0.2) is 31.1 Å². The monoisotopic (exact) mass is 408 g/mol. The van der Waals surface area contributed by atoms with Gasteiger partial charge in [-0.25, -0.2) is 13.1 Å². The van der Waals surface area contributed by atoms with Crippen molar-refractivity contribution in [3.8, 4) is 0 Å². The van der Waals surface area contributed by atoms with Crippen LogP contribution >= 0.6 is 22.7 Å². The summed E-state index contributed by atoms with van der Waals surface area (Å²) >= 11 is 2.56. The molecule has 3 aromatic rings. The molecular weight excluding hydrogens is 392 g/mol. The van der Waals surface area contributed by atoms with Crippen LogP contribution in [0.1, 0.15) is 20.2 Å². The maximum atomic E-state index is 12.2. The Bertz CT molecular complexity index is 980. The third kappa shape index (κ3) is 4.73. The zero-order valence-electron chi connectivity index (χ0n) is 13.8. The number of aromatic nitrogens is 2. The van der Waals surface area contributed by atoms with Gasteiger partial charge in [0.15, 0.2) is 0 Å². The number of thiophene rings is 1. The fraction of sp³-hybridized carbons (Fsp3) is 0.188. The molecule has 1 aromatic carbocycles. The number of carbonyl (C=O) groups excluding carboxylic acids is 1. The maximum Gasteiger partial charge on any atom is 0.267 e. The minimum absolute atomic E-state index is 0.198. The van der Waals surface area contributed by atoms with E-state index in [-0.39, 0.29) is 17.3 Å². The van der Waals surface area contributed by atoms with Crippen molar-refractivity contribution < 1.29 is 13.2 Å². The molecule has 1 amide bonds. The van der Waals surface area contributed by atoms with E-state index >= 15 is 0 Å². The molecule has 0 fully saturated rings. The van der Waals surface area contributed by atoms with E-state index in [2.05, 4.69) is 20.2 Å². The van der Waals surface area contributed by atoms with Crippen molar-refractivity contribution >= 4 is 43.7 Å². The number of sulfonamides is 1. The molecule has 7 nitrogen and oxygen atoms in total. The molecule has 0 bridgehead atoms. The van der Waals surface area contributed by atoms with E-state index in [9.17, 15) is 13.2 Å². The molecule has 0 spiro atoms. The Hall–Kier alpha value is -2.14.